The maximum atomic E-state index is 12.3. The molecule has 0 atom stereocenters. The van der Waals surface area contributed by atoms with Crippen LogP contribution in [0, 0.1) is 13.8 Å². The van der Waals surface area contributed by atoms with Gasteiger partial charge in [0.25, 0.3) is 5.91 Å². The zero-order chi connectivity index (χ0) is 19.6. The van der Waals surface area contributed by atoms with Crippen molar-refractivity contribution in [1.82, 2.24) is 15.2 Å². The minimum Gasteiger partial charge on any atom is -0.462 e. The monoisotopic (exact) mass is 408 g/mol. The lowest BCUT2D eigenvalue weighted by Gasteiger charge is -2.08. The minimum absolute atomic E-state index is 0.256. The van der Waals surface area contributed by atoms with Crippen molar-refractivity contribution in [2.45, 2.75) is 20.8 Å². The number of hydrogen-bond donors (Lipinski definition) is 1. The molecule has 142 valence electrons. The normalized spacial score (nSPS) is 10.8. The molecule has 1 amide bonds. The van der Waals surface area contributed by atoms with E-state index < -0.39 is 11.9 Å². The first-order chi connectivity index (χ1) is 12.9. The Labute approximate surface area is 164 Å². The second-order valence-electron chi connectivity index (χ2n) is 5.62. The second-order valence-corrected chi connectivity index (χ2v) is 7.29. The highest BCUT2D eigenvalue weighted by Crippen LogP contribution is 2.33. The van der Waals surface area contributed by atoms with Gasteiger partial charge in [-0.3, -0.25) is 4.79 Å². The molecule has 27 heavy (non-hydrogen) atoms. The molecule has 2 heterocycles. The Morgan fingerprint density at radius 2 is 2.11 bits per heavy atom. The molecule has 0 radical (unpaired) electrons. The number of carbonyl (C=O) groups is 2. The predicted molar refractivity (Wildman–Crippen MR) is 102 cm³/mol. The van der Waals surface area contributed by atoms with Crippen LogP contribution in [0.4, 0.5) is 5.00 Å². The van der Waals surface area contributed by atoms with Crippen LogP contribution >= 0.6 is 22.9 Å². The van der Waals surface area contributed by atoms with Crippen LogP contribution in [0.25, 0.3) is 11.0 Å². The molecular weight excluding hydrogens is 392 g/mol. The van der Waals surface area contributed by atoms with Crippen LogP contribution in [0.5, 0.6) is 0 Å². The number of benzene rings is 1. The predicted octanol–water partition coefficient (Wildman–Crippen LogP) is 3.01. The summed E-state index contributed by atoms with van der Waals surface area (Å²) in [5, 5.41) is 11.4. The van der Waals surface area contributed by atoms with Crippen molar-refractivity contribution >= 4 is 50.8 Å². The van der Waals surface area contributed by atoms with Crippen LogP contribution in [0.15, 0.2) is 18.2 Å². The van der Waals surface area contributed by atoms with Gasteiger partial charge >= 0.3 is 5.97 Å². The molecule has 0 aliphatic rings. The van der Waals surface area contributed by atoms with Gasteiger partial charge in [0.05, 0.1) is 12.2 Å². The summed E-state index contributed by atoms with van der Waals surface area (Å²) in [6, 6.07) is 5.03. The number of aromatic nitrogens is 3. The fourth-order valence-electron chi connectivity index (χ4n) is 2.41. The maximum absolute atomic E-state index is 12.3. The Morgan fingerprint density at radius 3 is 2.85 bits per heavy atom. The van der Waals surface area contributed by atoms with Gasteiger partial charge in [-0.25, -0.2) is 4.79 Å². The molecule has 0 saturated heterocycles. The first kappa shape index (κ1) is 19.1. The molecule has 1 N–H and O–H groups in total. The number of nitrogens with one attached hydrogen (secondary N) is 1. The minimum atomic E-state index is -0.465. The Kier molecular flexibility index (Phi) is 5.62. The van der Waals surface area contributed by atoms with E-state index in [2.05, 4.69) is 15.6 Å². The molecule has 10 heteroatoms. The topological polar surface area (TPSA) is 95.3 Å². The number of halogens is 1. The molecule has 3 rings (SSSR count). The molecule has 0 spiro atoms. The van der Waals surface area contributed by atoms with Crippen LogP contribution in [-0.4, -0.2) is 40.2 Å². The van der Waals surface area contributed by atoms with Gasteiger partial charge in [0.1, 0.15) is 16.0 Å². The number of ether oxygens (including phenoxy) is 1. The van der Waals surface area contributed by atoms with Crippen LogP contribution in [0.1, 0.15) is 27.7 Å². The highest BCUT2D eigenvalue weighted by molar-refractivity contribution is 7.16. The number of hydrogen-bond acceptors (Lipinski definition) is 7. The van der Waals surface area contributed by atoms with Gasteiger partial charge in [0.2, 0.25) is 0 Å². The molecule has 0 aliphatic carbocycles. The van der Waals surface area contributed by atoms with Gasteiger partial charge in [-0.1, -0.05) is 16.4 Å². The van der Waals surface area contributed by atoms with E-state index in [4.69, 9.17) is 21.2 Å². The summed E-state index contributed by atoms with van der Waals surface area (Å²) in [7, 11) is 0. The first-order valence-corrected chi connectivity index (χ1v) is 9.31. The Balaban J connectivity index is 1.72. The van der Waals surface area contributed by atoms with Gasteiger partial charge in [0.15, 0.2) is 6.61 Å². The second kappa shape index (κ2) is 7.93. The van der Waals surface area contributed by atoms with E-state index in [-0.39, 0.29) is 13.2 Å². The number of aryl methyl sites for hydroxylation is 1. The number of nitrogens with zero attached hydrogens (tertiary/aromatic N) is 3. The van der Waals surface area contributed by atoms with E-state index in [1.165, 1.54) is 11.3 Å². The van der Waals surface area contributed by atoms with Crippen molar-refractivity contribution in [1.29, 1.82) is 0 Å². The van der Waals surface area contributed by atoms with Crippen molar-refractivity contribution < 1.29 is 19.2 Å². The Hall–Kier alpha value is -2.65. The Bertz CT molecular complexity index is 1010. The van der Waals surface area contributed by atoms with Gasteiger partial charge in [0, 0.05) is 9.90 Å². The van der Waals surface area contributed by atoms with E-state index in [9.17, 15) is 9.59 Å². The van der Waals surface area contributed by atoms with E-state index in [0.29, 0.717) is 26.6 Å². The maximum Gasteiger partial charge on any atom is 0.341 e. The molecule has 0 unspecified atom stereocenters. The average Bonchev–Trinajstić information content (AvgIpc) is 3.14. The van der Waals surface area contributed by atoms with Gasteiger partial charge in [-0.15, -0.1) is 16.4 Å². The fraction of sp³-hybridized carbons (Fsp3) is 0.294. The smallest absolute Gasteiger partial charge is 0.341 e. The van der Waals surface area contributed by atoms with E-state index in [1.807, 2.05) is 13.8 Å². The molecule has 2 aromatic heterocycles. The standard InChI is InChI=1S/C17H17ClN4O4S/c1-4-25-17(24)15-9(2)10(3)27-16(15)19-14(23)8-26-22-13-7-11(18)5-6-12(13)20-21-22/h5-7H,4,8H2,1-3H3,(H,19,23). The number of amides is 1. The van der Waals surface area contributed by atoms with Crippen LogP contribution in [0.2, 0.25) is 5.02 Å². The van der Waals surface area contributed by atoms with Gasteiger partial charge in [-0.05, 0) is 49.7 Å². The lowest BCUT2D eigenvalue weighted by atomic mass is 10.1. The van der Waals surface area contributed by atoms with Crippen LogP contribution < -0.4 is 10.2 Å². The summed E-state index contributed by atoms with van der Waals surface area (Å²) in [5.41, 5.74) is 2.29. The summed E-state index contributed by atoms with van der Waals surface area (Å²) in [6.45, 7) is 5.36. The summed E-state index contributed by atoms with van der Waals surface area (Å²) in [5.74, 6) is -0.903. The van der Waals surface area contributed by atoms with Crippen molar-refractivity contribution in [3.05, 3.63) is 39.2 Å². The summed E-state index contributed by atoms with van der Waals surface area (Å²) < 4.78 is 5.07. The van der Waals surface area contributed by atoms with Crippen LogP contribution in [0.3, 0.4) is 0 Å². The lowest BCUT2D eigenvalue weighted by molar-refractivity contribution is -0.121. The fourth-order valence-corrected chi connectivity index (χ4v) is 3.64. The Morgan fingerprint density at radius 1 is 1.33 bits per heavy atom. The van der Waals surface area contributed by atoms with E-state index in [0.717, 1.165) is 15.3 Å². The molecule has 0 saturated carbocycles. The zero-order valence-corrected chi connectivity index (χ0v) is 16.5. The number of fused-ring (bicyclic) bond motifs is 1. The average molecular weight is 409 g/mol. The molecule has 0 aliphatic heterocycles. The van der Waals surface area contributed by atoms with Crippen LogP contribution in [-0.2, 0) is 9.53 Å². The number of rotatable bonds is 6. The SMILES string of the molecule is CCOC(=O)c1c(NC(=O)COn2nnc3ccc(Cl)cc32)sc(C)c1C. The molecule has 1 aromatic carbocycles. The molecule has 0 fully saturated rings. The zero-order valence-electron chi connectivity index (χ0n) is 14.9. The van der Waals surface area contributed by atoms with E-state index >= 15 is 0 Å². The van der Waals surface area contributed by atoms with Gasteiger partial charge < -0.3 is 14.9 Å². The third kappa shape index (κ3) is 4.04. The third-order valence-corrected chi connectivity index (χ3v) is 5.17. The third-order valence-electron chi connectivity index (χ3n) is 3.81. The van der Waals surface area contributed by atoms with Crippen molar-refractivity contribution in [3.63, 3.8) is 0 Å². The number of anilines is 1. The lowest BCUT2D eigenvalue weighted by Crippen LogP contribution is -2.26. The summed E-state index contributed by atoms with van der Waals surface area (Å²) in [6.07, 6.45) is 0. The van der Waals surface area contributed by atoms with Gasteiger partial charge in [-0.2, -0.15) is 0 Å². The number of thiophene rings is 1. The first-order valence-electron chi connectivity index (χ1n) is 8.12. The number of carbonyl (C=O) groups excluding carboxylic acids is 2. The molecule has 8 nitrogen and oxygen atoms in total. The summed E-state index contributed by atoms with van der Waals surface area (Å²) >= 11 is 7.27. The quantitative estimate of drug-likeness (QED) is 0.630. The van der Waals surface area contributed by atoms with Crippen molar-refractivity contribution in [2.24, 2.45) is 0 Å². The summed E-state index contributed by atoms with van der Waals surface area (Å²) in [4.78, 5) is 31.9. The number of esters is 1. The van der Waals surface area contributed by atoms with Crippen molar-refractivity contribution in [3.8, 4) is 0 Å². The van der Waals surface area contributed by atoms with E-state index in [1.54, 1.807) is 25.1 Å². The molecular formula is C17H17ClN4O4S. The molecule has 0 bridgehead atoms. The van der Waals surface area contributed by atoms with Crippen molar-refractivity contribution in [2.75, 3.05) is 18.5 Å². The largest absolute Gasteiger partial charge is 0.462 e. The highest BCUT2D eigenvalue weighted by atomic mass is 35.5. The molecule has 3 aromatic rings. The highest BCUT2D eigenvalue weighted by Gasteiger charge is 2.22.